The second-order valence-corrected chi connectivity index (χ2v) is 24.8. The van der Waals surface area contributed by atoms with E-state index in [1.54, 1.807) is 30.4 Å². The van der Waals surface area contributed by atoms with Crippen molar-refractivity contribution >= 4 is 59.2 Å². The Balaban J connectivity index is 0.000000240. The lowest BCUT2D eigenvalue weighted by molar-refractivity contribution is -0.151. The number of epoxide rings is 1. The van der Waals surface area contributed by atoms with Crippen molar-refractivity contribution in [3.05, 3.63) is 198 Å². The fraction of sp³-hybridized carbons (Fsp3) is 0.408. The minimum absolute atomic E-state index is 0.0684. The van der Waals surface area contributed by atoms with E-state index >= 15 is 0 Å². The first-order valence-corrected chi connectivity index (χ1v) is 32.8. The van der Waals surface area contributed by atoms with Gasteiger partial charge in [0.05, 0.1) is 26.4 Å². The van der Waals surface area contributed by atoms with E-state index in [0.29, 0.717) is 60.9 Å². The Morgan fingerprint density at radius 3 is 1.37 bits per heavy atom. The van der Waals surface area contributed by atoms with Crippen LogP contribution in [0.3, 0.4) is 0 Å². The van der Waals surface area contributed by atoms with Crippen molar-refractivity contribution in [2.75, 3.05) is 63.5 Å². The standard InChI is InChI=1S/C26H32O5S.C25H30O5S.C20H26O3S/c1-19(2)21-12-14-22(15-13-21)30-17-23(18-32-24-9-6-5-7-10-24)31-25(27)11-8-16-29-26(28)20(3)4;1-4-24(26)28-16-8-11-25(27)30-22(18-31-23-9-6-5-7-10-23)17-29-21-14-12-20(13-15-21)19(2)3;1-15(2)16-7-9-17(10-8-16)21-13-19(23-12-18-11-22-18)14-24-20-5-3-4-6-20/h5-7,9-10,12-15,19,23H,3,8,11,16-18H2,1-2,4H3;4-7,9-10,12-15,19,22H,1,8,11,16-18H2,2-3H3;3,5-10,15,18-19H,4,11-14H2,1-2H3. The lowest BCUT2D eigenvalue weighted by Gasteiger charge is -2.19. The first-order chi connectivity index (χ1) is 42.0. The van der Waals surface area contributed by atoms with Crippen LogP contribution >= 0.6 is 35.3 Å². The average Bonchev–Trinajstić information content (AvgIpc) is 4.34. The van der Waals surface area contributed by atoms with Crippen LogP contribution in [-0.2, 0) is 47.6 Å². The van der Waals surface area contributed by atoms with Crippen molar-refractivity contribution in [2.45, 2.75) is 133 Å². The summed E-state index contributed by atoms with van der Waals surface area (Å²) in [7, 11) is 0. The van der Waals surface area contributed by atoms with Crippen LogP contribution in [0.25, 0.3) is 0 Å². The second-order valence-electron chi connectivity index (χ2n) is 21.5. The van der Waals surface area contributed by atoms with Gasteiger partial charge in [0.1, 0.15) is 61.5 Å². The van der Waals surface area contributed by atoms with E-state index in [9.17, 15) is 19.2 Å². The highest BCUT2D eigenvalue weighted by molar-refractivity contribution is 8.03. The largest absolute Gasteiger partial charge is 0.491 e. The molecular weight excluding hydrogens is 1160 g/mol. The number of carbonyl (C=O) groups is 4. The number of hydrogen-bond donors (Lipinski definition) is 0. The maximum Gasteiger partial charge on any atom is 0.333 e. The smallest absolute Gasteiger partial charge is 0.333 e. The maximum atomic E-state index is 12.3. The molecule has 0 saturated carbocycles. The Bertz CT molecular complexity index is 2870. The molecule has 0 amide bonds. The summed E-state index contributed by atoms with van der Waals surface area (Å²) in [4.78, 5) is 50.6. The third-order valence-electron chi connectivity index (χ3n) is 13.0. The predicted octanol–water partition coefficient (Wildman–Crippen LogP) is 15.7. The van der Waals surface area contributed by atoms with Crippen LogP contribution in [0, 0.1) is 0 Å². The van der Waals surface area contributed by atoms with Gasteiger partial charge in [-0.1, -0.05) is 146 Å². The Morgan fingerprint density at radius 1 is 0.575 bits per heavy atom. The quantitative estimate of drug-likeness (QED) is 0.00932. The molecule has 468 valence electrons. The molecule has 4 unspecified atom stereocenters. The summed E-state index contributed by atoms with van der Waals surface area (Å²) in [5, 5.41) is 0. The normalized spacial score (nSPS) is 14.0. The number of ether oxygens (including phenoxy) is 9. The Kier molecular flexibility index (Phi) is 33.2. The molecule has 1 heterocycles. The third-order valence-corrected chi connectivity index (χ3v) is 16.5. The van der Waals surface area contributed by atoms with Gasteiger partial charge in [0.25, 0.3) is 0 Å². The monoisotopic (exact) mass is 1240 g/mol. The van der Waals surface area contributed by atoms with Gasteiger partial charge in [-0.05, 0) is 121 Å². The third kappa shape index (κ3) is 30.7. The van der Waals surface area contributed by atoms with E-state index in [4.69, 9.17) is 42.6 Å². The molecular formula is C71H88O13S3. The zero-order chi connectivity index (χ0) is 62.6. The minimum Gasteiger partial charge on any atom is -0.491 e. The van der Waals surface area contributed by atoms with Crippen molar-refractivity contribution in [1.29, 1.82) is 0 Å². The number of carbonyl (C=O) groups excluding carboxylic acids is 4. The van der Waals surface area contributed by atoms with Gasteiger partial charge in [-0.2, -0.15) is 0 Å². The van der Waals surface area contributed by atoms with Crippen LogP contribution in [0.15, 0.2) is 191 Å². The summed E-state index contributed by atoms with van der Waals surface area (Å²) >= 11 is 5.06. The summed E-state index contributed by atoms with van der Waals surface area (Å²) in [5.74, 6) is 4.25. The topological polar surface area (TPSA) is 155 Å². The molecule has 87 heavy (non-hydrogen) atoms. The predicted molar refractivity (Wildman–Crippen MR) is 351 cm³/mol. The molecule has 0 aromatic heterocycles. The molecule has 16 heteroatoms. The van der Waals surface area contributed by atoms with Crippen LogP contribution in [0.2, 0.25) is 0 Å². The van der Waals surface area contributed by atoms with Gasteiger partial charge in [-0.15, -0.1) is 35.3 Å². The fourth-order valence-electron chi connectivity index (χ4n) is 7.79. The zero-order valence-electron chi connectivity index (χ0n) is 51.6. The van der Waals surface area contributed by atoms with Crippen LogP contribution in [0.1, 0.15) is 115 Å². The molecule has 7 rings (SSSR count). The summed E-state index contributed by atoms with van der Waals surface area (Å²) in [6, 6.07) is 44.2. The first kappa shape index (κ1) is 71.1. The highest BCUT2D eigenvalue weighted by atomic mass is 32.2. The van der Waals surface area contributed by atoms with Gasteiger partial charge in [0.15, 0.2) is 0 Å². The Morgan fingerprint density at radius 2 is 0.989 bits per heavy atom. The van der Waals surface area contributed by atoms with Gasteiger partial charge >= 0.3 is 23.9 Å². The van der Waals surface area contributed by atoms with E-state index in [1.165, 1.54) is 21.6 Å². The van der Waals surface area contributed by atoms with E-state index < -0.39 is 24.1 Å². The maximum absolute atomic E-state index is 12.3. The van der Waals surface area contributed by atoms with Gasteiger partial charge in [-0.3, -0.25) is 9.59 Å². The summed E-state index contributed by atoms with van der Waals surface area (Å²) < 4.78 is 50.2. The highest BCUT2D eigenvalue weighted by Gasteiger charge is 2.25. The van der Waals surface area contributed by atoms with Gasteiger partial charge in [0, 0.05) is 56.4 Å². The van der Waals surface area contributed by atoms with Crippen LogP contribution in [0.5, 0.6) is 17.2 Å². The van der Waals surface area contributed by atoms with Crippen molar-refractivity contribution < 1.29 is 61.8 Å². The molecule has 2 aliphatic rings. The number of hydrogen-bond acceptors (Lipinski definition) is 16. The van der Waals surface area contributed by atoms with Crippen molar-refractivity contribution in [3.63, 3.8) is 0 Å². The molecule has 0 radical (unpaired) electrons. The van der Waals surface area contributed by atoms with Gasteiger partial charge in [-0.25, -0.2) is 9.59 Å². The van der Waals surface area contributed by atoms with Crippen LogP contribution in [-0.4, -0.2) is 112 Å². The second kappa shape index (κ2) is 40.7. The van der Waals surface area contributed by atoms with E-state index in [2.05, 4.69) is 85.1 Å². The van der Waals surface area contributed by atoms with Crippen LogP contribution < -0.4 is 14.2 Å². The number of thioether (sulfide) groups is 3. The molecule has 1 fully saturated rings. The Labute approximate surface area is 529 Å². The first-order valence-electron chi connectivity index (χ1n) is 29.8. The Hall–Kier alpha value is -6.69. The molecule has 5 aromatic carbocycles. The molecule has 1 aliphatic heterocycles. The zero-order valence-corrected chi connectivity index (χ0v) is 54.1. The lowest BCUT2D eigenvalue weighted by atomic mass is 10.0. The molecule has 0 bridgehead atoms. The molecule has 0 N–H and O–H groups in total. The molecule has 0 spiro atoms. The highest BCUT2D eigenvalue weighted by Crippen LogP contribution is 2.27. The molecule has 1 aliphatic carbocycles. The number of allylic oxidation sites excluding steroid dienone is 3. The molecule has 13 nitrogen and oxygen atoms in total. The van der Waals surface area contributed by atoms with E-state index in [-0.39, 0.29) is 63.4 Å². The molecule has 4 atom stereocenters. The summed E-state index contributed by atoms with van der Waals surface area (Å²) in [5.41, 5.74) is 4.15. The van der Waals surface area contributed by atoms with Gasteiger partial charge in [0.2, 0.25) is 0 Å². The van der Waals surface area contributed by atoms with E-state index in [1.807, 2.05) is 133 Å². The van der Waals surface area contributed by atoms with Gasteiger partial charge < -0.3 is 42.6 Å². The summed E-state index contributed by atoms with van der Waals surface area (Å²) in [6.45, 7) is 24.3. The fourth-order valence-corrected chi connectivity index (χ4v) is 10.5. The van der Waals surface area contributed by atoms with Crippen molar-refractivity contribution in [3.8, 4) is 17.2 Å². The molecule has 5 aromatic rings. The van der Waals surface area contributed by atoms with Crippen molar-refractivity contribution in [1.82, 2.24) is 0 Å². The van der Waals surface area contributed by atoms with E-state index in [0.717, 1.165) is 51.9 Å². The number of benzene rings is 5. The SMILES string of the molecule is C=C(C)C(=O)OCCCC(=O)OC(COc1ccc(C(C)C)cc1)CSc1ccccc1.C=CC(=O)OCCCC(=O)OC(COc1ccc(C(C)C)cc1)CSc1ccccc1.CC(C)c1ccc(OCC(CSC2=CCC=C2)OCC2CO2)cc1. The average molecular weight is 1250 g/mol. The number of rotatable bonds is 36. The number of esters is 4. The van der Waals surface area contributed by atoms with Crippen LogP contribution in [0.4, 0.5) is 0 Å². The summed E-state index contributed by atoms with van der Waals surface area (Å²) in [6.07, 6.45) is 9.42. The minimum atomic E-state index is -0.498. The van der Waals surface area contributed by atoms with Crippen molar-refractivity contribution in [2.24, 2.45) is 0 Å². The molecule has 1 saturated heterocycles. The lowest BCUT2D eigenvalue weighted by Crippen LogP contribution is -2.27.